The highest BCUT2D eigenvalue weighted by Gasteiger charge is 2.09. The van der Waals surface area contributed by atoms with Gasteiger partial charge >= 0.3 is 0 Å². The Balaban J connectivity index is 1.91. The molecule has 0 heterocycles. The highest BCUT2D eigenvalue weighted by atomic mass is 19.1. The molecule has 0 unspecified atom stereocenters. The fraction of sp³-hybridized carbons (Fsp3) is 0.174. The molecule has 0 spiro atoms. The van der Waals surface area contributed by atoms with Gasteiger partial charge < -0.3 is 9.47 Å². The van der Waals surface area contributed by atoms with Crippen LogP contribution in [0.25, 0.3) is 11.1 Å². The maximum absolute atomic E-state index is 13.9. The Morgan fingerprint density at radius 1 is 0.926 bits per heavy atom. The number of hydrogen-bond acceptors (Lipinski definition) is 3. The summed E-state index contributed by atoms with van der Waals surface area (Å²) in [6.07, 6.45) is 2.06. The van der Waals surface area contributed by atoms with E-state index < -0.39 is 5.82 Å². The monoisotopic (exact) mass is 361 g/mol. The summed E-state index contributed by atoms with van der Waals surface area (Å²) in [5.74, 6) is 0.856. The second kappa shape index (κ2) is 8.86. The van der Waals surface area contributed by atoms with Crippen LogP contribution in [0.2, 0.25) is 0 Å². The standard InChI is InChI=1S/C23H20FNO2/c1-2-3-11-26-20-8-6-7-18(14-20)19-12-17(16-25)13-21(15-19)27-23-10-5-4-9-22(23)24/h4-10,12-15H,2-3,11H2,1H3. The minimum atomic E-state index is -0.451. The van der Waals surface area contributed by atoms with Crippen LogP contribution in [-0.4, -0.2) is 6.61 Å². The number of ether oxygens (including phenoxy) is 2. The van der Waals surface area contributed by atoms with Crippen LogP contribution in [-0.2, 0) is 0 Å². The van der Waals surface area contributed by atoms with E-state index in [9.17, 15) is 9.65 Å². The molecule has 27 heavy (non-hydrogen) atoms. The summed E-state index contributed by atoms with van der Waals surface area (Å²) in [6, 6.07) is 21.2. The molecular formula is C23H20FNO2. The van der Waals surface area contributed by atoms with E-state index in [2.05, 4.69) is 13.0 Å². The van der Waals surface area contributed by atoms with Crippen molar-refractivity contribution < 1.29 is 13.9 Å². The average Bonchev–Trinajstić information content (AvgIpc) is 2.70. The maximum atomic E-state index is 13.9. The Kier molecular flexibility index (Phi) is 6.06. The summed E-state index contributed by atoms with van der Waals surface area (Å²) in [4.78, 5) is 0. The quantitative estimate of drug-likeness (QED) is 0.461. The summed E-state index contributed by atoms with van der Waals surface area (Å²) in [5.41, 5.74) is 2.15. The minimum absolute atomic E-state index is 0.121. The predicted molar refractivity (Wildman–Crippen MR) is 103 cm³/mol. The van der Waals surface area contributed by atoms with Crippen molar-refractivity contribution in [3.63, 3.8) is 0 Å². The van der Waals surface area contributed by atoms with Gasteiger partial charge in [-0.1, -0.05) is 37.6 Å². The average molecular weight is 361 g/mol. The molecule has 4 heteroatoms. The number of unbranched alkanes of at least 4 members (excludes halogenated alkanes) is 1. The molecule has 0 aromatic heterocycles. The first-order chi connectivity index (χ1) is 13.2. The molecular weight excluding hydrogens is 341 g/mol. The molecule has 0 radical (unpaired) electrons. The van der Waals surface area contributed by atoms with Gasteiger partial charge in [0, 0.05) is 0 Å². The van der Waals surface area contributed by atoms with Gasteiger partial charge in [0.05, 0.1) is 18.2 Å². The maximum Gasteiger partial charge on any atom is 0.165 e. The molecule has 0 N–H and O–H groups in total. The third-order valence-corrected chi connectivity index (χ3v) is 4.03. The molecule has 3 nitrogen and oxygen atoms in total. The molecule has 3 aromatic rings. The van der Waals surface area contributed by atoms with Gasteiger partial charge in [0.2, 0.25) is 0 Å². The topological polar surface area (TPSA) is 42.2 Å². The van der Waals surface area contributed by atoms with Crippen LogP contribution in [0, 0.1) is 17.1 Å². The first kappa shape index (κ1) is 18.5. The Hall–Kier alpha value is -3.32. The van der Waals surface area contributed by atoms with Crippen molar-refractivity contribution in [2.24, 2.45) is 0 Å². The molecule has 0 aliphatic rings. The largest absolute Gasteiger partial charge is 0.494 e. The zero-order valence-corrected chi connectivity index (χ0v) is 15.1. The first-order valence-corrected chi connectivity index (χ1v) is 8.90. The fourth-order valence-corrected chi connectivity index (χ4v) is 2.64. The number of hydrogen-bond donors (Lipinski definition) is 0. The van der Waals surface area contributed by atoms with Gasteiger partial charge in [0.25, 0.3) is 0 Å². The van der Waals surface area contributed by atoms with Crippen molar-refractivity contribution in [1.82, 2.24) is 0 Å². The van der Waals surface area contributed by atoms with Gasteiger partial charge in [-0.05, 0) is 60.0 Å². The van der Waals surface area contributed by atoms with Crippen LogP contribution >= 0.6 is 0 Å². The summed E-state index contributed by atoms with van der Waals surface area (Å²) in [7, 11) is 0. The van der Waals surface area contributed by atoms with E-state index >= 15 is 0 Å². The lowest BCUT2D eigenvalue weighted by Gasteiger charge is -2.11. The van der Waals surface area contributed by atoms with Crippen molar-refractivity contribution in [3.8, 4) is 34.4 Å². The van der Waals surface area contributed by atoms with E-state index in [1.54, 1.807) is 36.4 Å². The number of nitrogens with zero attached hydrogens (tertiary/aromatic N) is 1. The normalized spacial score (nSPS) is 10.3. The second-order valence-corrected chi connectivity index (χ2v) is 6.12. The molecule has 136 valence electrons. The molecule has 0 atom stereocenters. The molecule has 0 saturated heterocycles. The third-order valence-electron chi connectivity index (χ3n) is 4.03. The van der Waals surface area contributed by atoms with Crippen LogP contribution in [0.3, 0.4) is 0 Å². The lowest BCUT2D eigenvalue weighted by Crippen LogP contribution is -1.96. The van der Waals surface area contributed by atoms with Gasteiger partial charge in [0.1, 0.15) is 11.5 Å². The Morgan fingerprint density at radius 2 is 1.74 bits per heavy atom. The molecule has 0 aliphatic heterocycles. The van der Waals surface area contributed by atoms with Crippen molar-refractivity contribution in [2.45, 2.75) is 19.8 Å². The van der Waals surface area contributed by atoms with Crippen molar-refractivity contribution in [1.29, 1.82) is 5.26 Å². The van der Waals surface area contributed by atoms with E-state index in [0.717, 1.165) is 29.7 Å². The third kappa shape index (κ3) is 4.86. The van der Waals surface area contributed by atoms with E-state index in [1.807, 2.05) is 24.3 Å². The highest BCUT2D eigenvalue weighted by molar-refractivity contribution is 5.68. The zero-order valence-electron chi connectivity index (χ0n) is 15.1. The number of rotatable bonds is 7. The molecule has 0 saturated carbocycles. The van der Waals surface area contributed by atoms with Crippen LogP contribution in [0.4, 0.5) is 4.39 Å². The molecule has 0 fully saturated rings. The fourth-order valence-electron chi connectivity index (χ4n) is 2.64. The zero-order chi connectivity index (χ0) is 19.1. The summed E-state index contributed by atoms with van der Waals surface area (Å²) >= 11 is 0. The van der Waals surface area contributed by atoms with E-state index in [1.165, 1.54) is 6.07 Å². The van der Waals surface area contributed by atoms with Crippen molar-refractivity contribution in [2.75, 3.05) is 6.61 Å². The van der Waals surface area contributed by atoms with Gasteiger partial charge in [-0.25, -0.2) is 4.39 Å². The summed E-state index contributed by atoms with van der Waals surface area (Å²) < 4.78 is 25.3. The Morgan fingerprint density at radius 3 is 2.52 bits per heavy atom. The van der Waals surface area contributed by atoms with Gasteiger partial charge in [-0.3, -0.25) is 0 Å². The number of nitriles is 1. The minimum Gasteiger partial charge on any atom is -0.494 e. The lowest BCUT2D eigenvalue weighted by molar-refractivity contribution is 0.309. The number of para-hydroxylation sites is 1. The van der Waals surface area contributed by atoms with Crippen LogP contribution in [0.5, 0.6) is 17.2 Å². The van der Waals surface area contributed by atoms with Gasteiger partial charge in [0.15, 0.2) is 11.6 Å². The van der Waals surface area contributed by atoms with Gasteiger partial charge in [-0.15, -0.1) is 0 Å². The Bertz CT molecular complexity index is 963. The van der Waals surface area contributed by atoms with Crippen molar-refractivity contribution in [3.05, 3.63) is 78.1 Å². The predicted octanol–water partition coefficient (Wildman–Crippen LogP) is 6.34. The summed E-state index contributed by atoms with van der Waals surface area (Å²) in [6.45, 7) is 2.78. The molecule has 3 rings (SSSR count). The number of benzene rings is 3. The molecule has 3 aromatic carbocycles. The first-order valence-electron chi connectivity index (χ1n) is 8.90. The molecule has 0 aliphatic carbocycles. The smallest absolute Gasteiger partial charge is 0.165 e. The second-order valence-electron chi connectivity index (χ2n) is 6.12. The SMILES string of the molecule is CCCCOc1cccc(-c2cc(C#N)cc(Oc3ccccc3F)c2)c1. The van der Waals surface area contributed by atoms with E-state index in [-0.39, 0.29) is 5.75 Å². The molecule has 0 bridgehead atoms. The number of halogens is 1. The van der Waals surface area contributed by atoms with E-state index in [4.69, 9.17) is 9.47 Å². The summed E-state index contributed by atoms with van der Waals surface area (Å²) in [5, 5.41) is 9.35. The molecule has 0 amide bonds. The van der Waals surface area contributed by atoms with E-state index in [0.29, 0.717) is 17.9 Å². The van der Waals surface area contributed by atoms with Crippen LogP contribution < -0.4 is 9.47 Å². The van der Waals surface area contributed by atoms with Crippen LogP contribution in [0.15, 0.2) is 66.7 Å². The van der Waals surface area contributed by atoms with Crippen LogP contribution in [0.1, 0.15) is 25.3 Å². The van der Waals surface area contributed by atoms with Gasteiger partial charge in [-0.2, -0.15) is 5.26 Å². The lowest BCUT2D eigenvalue weighted by atomic mass is 10.0. The highest BCUT2D eigenvalue weighted by Crippen LogP contribution is 2.31. The van der Waals surface area contributed by atoms with Crippen molar-refractivity contribution >= 4 is 0 Å². The Labute approximate surface area is 158 Å².